The topological polar surface area (TPSA) is 34.9 Å². The van der Waals surface area contributed by atoms with Crippen LogP contribution < -0.4 is 5.56 Å². The van der Waals surface area contributed by atoms with Crippen molar-refractivity contribution in [3.8, 4) is 0 Å². The predicted molar refractivity (Wildman–Crippen MR) is 110 cm³/mol. The molecule has 0 bridgehead atoms. The normalized spacial score (nSPS) is 11.1. The van der Waals surface area contributed by atoms with Crippen molar-refractivity contribution < 1.29 is 0 Å². The average Bonchev–Trinajstić information content (AvgIpc) is 3.17. The average molecular weight is 379 g/mol. The zero-order valence-corrected chi connectivity index (χ0v) is 16.0. The Bertz CT molecular complexity index is 1090. The lowest BCUT2D eigenvalue weighted by atomic mass is 10.2. The number of thiophene rings is 1. The molecule has 0 aliphatic rings. The Morgan fingerprint density at radius 3 is 2.69 bits per heavy atom. The van der Waals surface area contributed by atoms with Crippen LogP contribution in [-0.4, -0.2) is 9.55 Å². The number of nitrogens with zero attached hydrogens (tertiary/aromatic N) is 2. The monoisotopic (exact) mass is 378 g/mol. The minimum absolute atomic E-state index is 0.0302. The number of rotatable bonds is 5. The summed E-state index contributed by atoms with van der Waals surface area (Å²) >= 11 is 3.27. The Hall–Kier alpha value is -2.37. The third-order valence-corrected chi connectivity index (χ3v) is 6.09. The minimum atomic E-state index is 0.0302. The van der Waals surface area contributed by atoms with E-state index in [-0.39, 0.29) is 5.56 Å². The zero-order chi connectivity index (χ0) is 17.9. The van der Waals surface area contributed by atoms with Crippen LogP contribution in [0.2, 0.25) is 0 Å². The van der Waals surface area contributed by atoms with E-state index < -0.39 is 0 Å². The highest BCUT2D eigenvalue weighted by molar-refractivity contribution is 7.98. The Labute approximate surface area is 160 Å². The highest BCUT2D eigenvalue weighted by Crippen LogP contribution is 2.24. The van der Waals surface area contributed by atoms with Crippen molar-refractivity contribution in [1.29, 1.82) is 0 Å². The number of aromatic nitrogens is 2. The summed E-state index contributed by atoms with van der Waals surface area (Å²) in [5, 5.41) is 3.49. The molecular formula is C21H18N2OS2. The zero-order valence-electron chi connectivity index (χ0n) is 14.4. The summed E-state index contributed by atoms with van der Waals surface area (Å²) in [6.07, 6.45) is 0. The Morgan fingerprint density at radius 1 is 1.08 bits per heavy atom. The van der Waals surface area contributed by atoms with Gasteiger partial charge in [-0.05, 0) is 36.1 Å². The molecule has 5 heteroatoms. The number of benzene rings is 2. The Balaban J connectivity index is 1.78. The van der Waals surface area contributed by atoms with Crippen molar-refractivity contribution in [2.75, 3.05) is 0 Å². The van der Waals surface area contributed by atoms with Crippen molar-refractivity contribution in [3.05, 3.63) is 92.4 Å². The molecule has 3 nitrogen and oxygen atoms in total. The van der Waals surface area contributed by atoms with Crippen LogP contribution in [0.5, 0.6) is 0 Å². The van der Waals surface area contributed by atoms with E-state index >= 15 is 0 Å². The fraction of sp³-hybridized carbons (Fsp3) is 0.143. The summed E-state index contributed by atoms with van der Waals surface area (Å²) in [6, 6.07) is 20.2. The van der Waals surface area contributed by atoms with Crippen molar-refractivity contribution >= 4 is 34.0 Å². The molecule has 0 spiro atoms. The highest BCUT2D eigenvalue weighted by atomic mass is 32.2. The van der Waals surface area contributed by atoms with Crippen LogP contribution in [0.3, 0.4) is 0 Å². The SMILES string of the molecule is Cc1ccc2nc(SCc3ccccc3)n(Cc3cccs3)c(=O)c2c1. The van der Waals surface area contributed by atoms with Gasteiger partial charge in [0, 0.05) is 10.6 Å². The second kappa shape index (κ2) is 7.48. The first-order valence-electron chi connectivity index (χ1n) is 8.41. The molecule has 4 aromatic rings. The van der Waals surface area contributed by atoms with E-state index in [0.717, 1.165) is 26.9 Å². The van der Waals surface area contributed by atoms with Crippen LogP contribution in [0.25, 0.3) is 10.9 Å². The van der Waals surface area contributed by atoms with Gasteiger partial charge >= 0.3 is 0 Å². The van der Waals surface area contributed by atoms with E-state index in [0.29, 0.717) is 11.9 Å². The van der Waals surface area contributed by atoms with Crippen LogP contribution in [0.15, 0.2) is 76.0 Å². The molecule has 0 fully saturated rings. The summed E-state index contributed by atoms with van der Waals surface area (Å²) in [6.45, 7) is 2.56. The molecule has 0 unspecified atom stereocenters. The van der Waals surface area contributed by atoms with Crippen molar-refractivity contribution in [2.45, 2.75) is 24.4 Å². The maximum Gasteiger partial charge on any atom is 0.262 e. The van der Waals surface area contributed by atoms with Gasteiger partial charge in [0.1, 0.15) is 0 Å². The fourth-order valence-electron chi connectivity index (χ4n) is 2.84. The number of hydrogen-bond acceptors (Lipinski definition) is 4. The molecule has 4 rings (SSSR count). The molecule has 0 N–H and O–H groups in total. The Morgan fingerprint density at radius 2 is 1.92 bits per heavy atom. The quantitative estimate of drug-likeness (QED) is 0.358. The minimum Gasteiger partial charge on any atom is -0.282 e. The molecule has 2 aromatic carbocycles. The van der Waals surface area contributed by atoms with Gasteiger partial charge in [0.05, 0.1) is 17.4 Å². The lowest BCUT2D eigenvalue weighted by molar-refractivity contribution is 0.664. The van der Waals surface area contributed by atoms with E-state index in [1.54, 1.807) is 27.7 Å². The van der Waals surface area contributed by atoms with Crippen LogP contribution in [0.1, 0.15) is 16.0 Å². The molecule has 0 atom stereocenters. The second-order valence-corrected chi connectivity index (χ2v) is 8.13. The van der Waals surface area contributed by atoms with Gasteiger partial charge in [-0.25, -0.2) is 4.98 Å². The molecule has 0 aliphatic heterocycles. The molecule has 26 heavy (non-hydrogen) atoms. The molecule has 0 saturated heterocycles. The second-order valence-electron chi connectivity index (χ2n) is 6.16. The van der Waals surface area contributed by atoms with Gasteiger partial charge in [-0.1, -0.05) is 59.8 Å². The van der Waals surface area contributed by atoms with E-state index in [4.69, 9.17) is 4.98 Å². The molecule has 0 saturated carbocycles. The maximum absolute atomic E-state index is 13.2. The van der Waals surface area contributed by atoms with Crippen LogP contribution in [0, 0.1) is 6.92 Å². The van der Waals surface area contributed by atoms with Crippen molar-refractivity contribution in [1.82, 2.24) is 9.55 Å². The molecule has 2 heterocycles. The van der Waals surface area contributed by atoms with Gasteiger partial charge in [0.15, 0.2) is 5.16 Å². The standard InChI is InChI=1S/C21H18N2OS2/c1-15-9-10-19-18(12-15)20(24)23(13-17-8-5-11-25-17)21(22-19)26-14-16-6-3-2-4-7-16/h2-12H,13-14H2,1H3. The first-order chi connectivity index (χ1) is 12.7. The van der Waals surface area contributed by atoms with Crippen LogP contribution >= 0.6 is 23.1 Å². The fourth-order valence-corrected chi connectivity index (χ4v) is 4.49. The van der Waals surface area contributed by atoms with Gasteiger partial charge in [-0.3, -0.25) is 9.36 Å². The maximum atomic E-state index is 13.2. The van der Waals surface area contributed by atoms with Crippen molar-refractivity contribution in [3.63, 3.8) is 0 Å². The van der Waals surface area contributed by atoms with E-state index in [9.17, 15) is 4.79 Å². The van der Waals surface area contributed by atoms with Gasteiger partial charge in [0.25, 0.3) is 5.56 Å². The lowest BCUT2D eigenvalue weighted by Crippen LogP contribution is -2.23. The molecule has 0 aliphatic carbocycles. The first kappa shape index (κ1) is 17.1. The van der Waals surface area contributed by atoms with Crippen molar-refractivity contribution in [2.24, 2.45) is 0 Å². The molecule has 130 valence electrons. The van der Waals surface area contributed by atoms with Gasteiger partial charge < -0.3 is 0 Å². The number of fused-ring (bicyclic) bond motifs is 1. The van der Waals surface area contributed by atoms with Gasteiger partial charge in [-0.15, -0.1) is 11.3 Å². The molecule has 0 amide bonds. The third-order valence-electron chi connectivity index (χ3n) is 4.18. The van der Waals surface area contributed by atoms with Gasteiger partial charge in [-0.2, -0.15) is 0 Å². The van der Waals surface area contributed by atoms with E-state index in [1.165, 1.54) is 5.56 Å². The predicted octanol–water partition coefficient (Wildman–Crippen LogP) is 5.11. The number of hydrogen-bond donors (Lipinski definition) is 0. The summed E-state index contributed by atoms with van der Waals surface area (Å²) in [5.41, 5.74) is 3.09. The Kier molecular flexibility index (Phi) is 4.91. The lowest BCUT2D eigenvalue weighted by Gasteiger charge is -2.13. The first-order valence-corrected chi connectivity index (χ1v) is 10.3. The summed E-state index contributed by atoms with van der Waals surface area (Å²) < 4.78 is 1.81. The van der Waals surface area contributed by atoms with E-state index in [1.807, 2.05) is 54.8 Å². The number of thioether (sulfide) groups is 1. The highest BCUT2D eigenvalue weighted by Gasteiger charge is 2.13. The summed E-state index contributed by atoms with van der Waals surface area (Å²) in [4.78, 5) is 19.1. The largest absolute Gasteiger partial charge is 0.282 e. The number of aryl methyl sites for hydroxylation is 1. The van der Waals surface area contributed by atoms with Crippen LogP contribution in [-0.2, 0) is 12.3 Å². The molecule has 2 aromatic heterocycles. The summed E-state index contributed by atoms with van der Waals surface area (Å²) in [5.74, 6) is 0.787. The van der Waals surface area contributed by atoms with E-state index in [2.05, 4.69) is 18.2 Å². The third kappa shape index (κ3) is 3.59. The molecular weight excluding hydrogens is 360 g/mol. The van der Waals surface area contributed by atoms with Gasteiger partial charge in [0.2, 0.25) is 0 Å². The van der Waals surface area contributed by atoms with Crippen LogP contribution in [0.4, 0.5) is 0 Å². The molecule has 0 radical (unpaired) electrons. The summed E-state index contributed by atoms with van der Waals surface area (Å²) in [7, 11) is 0. The smallest absolute Gasteiger partial charge is 0.262 e.